The topological polar surface area (TPSA) is 51.2 Å². The van der Waals surface area contributed by atoms with Crippen LogP contribution in [-0.2, 0) is 4.79 Å². The molecule has 6 heteroatoms. The normalized spacial score (nSPS) is 19.1. The summed E-state index contributed by atoms with van der Waals surface area (Å²) in [4.78, 5) is 17.2. The third-order valence-corrected chi connectivity index (χ3v) is 6.74. The van der Waals surface area contributed by atoms with Crippen molar-refractivity contribution in [3.05, 3.63) is 83.7 Å². The van der Waals surface area contributed by atoms with Gasteiger partial charge >= 0.3 is 0 Å². The summed E-state index contributed by atoms with van der Waals surface area (Å²) in [5, 5.41) is 2.64. The van der Waals surface area contributed by atoms with E-state index >= 15 is 0 Å². The molecular formula is C29H32F2N2O2. The van der Waals surface area contributed by atoms with Gasteiger partial charge in [0, 0.05) is 36.0 Å². The largest absolute Gasteiger partial charge is 0.454 e. The number of carbonyl (C=O) groups is 1. The highest BCUT2D eigenvalue weighted by atomic mass is 19.1. The lowest BCUT2D eigenvalue weighted by Crippen LogP contribution is -2.24. The lowest BCUT2D eigenvalue weighted by atomic mass is 9.83. The zero-order valence-electron chi connectivity index (χ0n) is 20.1. The predicted molar refractivity (Wildman–Crippen MR) is 134 cm³/mol. The fourth-order valence-electron chi connectivity index (χ4n) is 4.79. The fraction of sp³-hybridized carbons (Fsp3) is 0.379. The number of anilines is 1. The number of hydrogen-bond acceptors (Lipinski definition) is 3. The highest BCUT2D eigenvalue weighted by molar-refractivity contribution is 5.92. The van der Waals surface area contributed by atoms with Gasteiger partial charge in [-0.05, 0) is 50.2 Å². The monoisotopic (exact) mass is 478 g/mol. The minimum absolute atomic E-state index is 0.164. The van der Waals surface area contributed by atoms with E-state index in [4.69, 9.17) is 4.74 Å². The van der Waals surface area contributed by atoms with Gasteiger partial charge in [0.25, 0.3) is 0 Å². The minimum atomic E-state index is -0.744. The number of carbonyl (C=O) groups excluding carboxylic acids is 1. The van der Waals surface area contributed by atoms with Gasteiger partial charge in [-0.2, -0.15) is 0 Å². The molecule has 3 aromatic rings. The predicted octanol–water partition coefficient (Wildman–Crippen LogP) is 7.93. The fourth-order valence-corrected chi connectivity index (χ4v) is 4.79. The Morgan fingerprint density at radius 1 is 0.914 bits per heavy atom. The van der Waals surface area contributed by atoms with E-state index in [1.165, 1.54) is 18.2 Å². The maximum absolute atomic E-state index is 14.8. The smallest absolute Gasteiger partial charge is 0.227 e. The molecule has 35 heavy (non-hydrogen) atoms. The molecule has 4 nitrogen and oxygen atoms in total. The van der Waals surface area contributed by atoms with Gasteiger partial charge in [0.05, 0.1) is 5.69 Å². The van der Waals surface area contributed by atoms with E-state index in [1.54, 1.807) is 19.1 Å². The van der Waals surface area contributed by atoms with E-state index < -0.39 is 11.6 Å². The van der Waals surface area contributed by atoms with Crippen LogP contribution >= 0.6 is 0 Å². The van der Waals surface area contributed by atoms with E-state index in [0.29, 0.717) is 17.4 Å². The Hall–Kier alpha value is -3.28. The summed E-state index contributed by atoms with van der Waals surface area (Å²) in [5.74, 6) is -1.44. The van der Waals surface area contributed by atoms with Crippen LogP contribution in [0.1, 0.15) is 68.5 Å². The molecule has 1 aromatic heterocycles. The highest BCUT2D eigenvalue weighted by Gasteiger charge is 2.24. The number of rotatable bonds is 5. The Morgan fingerprint density at radius 3 is 2.46 bits per heavy atom. The first kappa shape index (κ1) is 24.8. The molecule has 1 saturated carbocycles. The van der Waals surface area contributed by atoms with Gasteiger partial charge in [0.1, 0.15) is 5.75 Å². The molecule has 4 rings (SSSR count). The molecule has 0 aliphatic heterocycles. The van der Waals surface area contributed by atoms with E-state index in [2.05, 4.69) is 34.6 Å². The summed E-state index contributed by atoms with van der Waals surface area (Å²) >= 11 is 0. The summed E-state index contributed by atoms with van der Waals surface area (Å²) in [6, 6.07) is 15.6. The number of pyridine rings is 1. The van der Waals surface area contributed by atoms with Gasteiger partial charge < -0.3 is 10.1 Å². The molecule has 1 fully saturated rings. The third-order valence-electron chi connectivity index (χ3n) is 6.74. The summed E-state index contributed by atoms with van der Waals surface area (Å²) in [5.41, 5.74) is 1.84. The third kappa shape index (κ3) is 6.87. The van der Waals surface area contributed by atoms with E-state index in [9.17, 15) is 13.6 Å². The minimum Gasteiger partial charge on any atom is -0.454 e. The van der Waals surface area contributed by atoms with Crippen molar-refractivity contribution < 1.29 is 18.3 Å². The highest BCUT2D eigenvalue weighted by Crippen LogP contribution is 2.33. The number of benzene rings is 2. The van der Waals surface area contributed by atoms with Gasteiger partial charge in [-0.15, -0.1) is 0 Å². The number of aromatic nitrogens is 1. The van der Waals surface area contributed by atoms with Crippen LogP contribution in [0.25, 0.3) is 0 Å². The number of aryl methyl sites for hydroxylation is 1. The quantitative estimate of drug-likeness (QED) is 0.405. The zero-order chi connectivity index (χ0) is 24.6. The molecule has 0 bridgehead atoms. The Morgan fingerprint density at radius 2 is 1.69 bits per heavy atom. The van der Waals surface area contributed by atoms with Gasteiger partial charge in [-0.25, -0.2) is 8.78 Å². The Balaban J connectivity index is 1.44. The molecule has 2 atom stereocenters. The van der Waals surface area contributed by atoms with Crippen molar-refractivity contribution in [3.63, 3.8) is 0 Å². The number of nitrogens with one attached hydrogen (secondary N) is 1. The second-order valence-corrected chi connectivity index (χ2v) is 9.36. The van der Waals surface area contributed by atoms with E-state index in [1.807, 2.05) is 6.07 Å². The van der Waals surface area contributed by atoms with Crippen LogP contribution in [0, 0.1) is 24.5 Å². The Labute approximate surface area is 205 Å². The van der Waals surface area contributed by atoms with Crippen molar-refractivity contribution in [2.75, 3.05) is 5.32 Å². The molecule has 2 unspecified atom stereocenters. The van der Waals surface area contributed by atoms with Crippen LogP contribution < -0.4 is 10.1 Å². The van der Waals surface area contributed by atoms with Crippen LogP contribution in [0.2, 0.25) is 0 Å². The maximum atomic E-state index is 14.8. The van der Waals surface area contributed by atoms with Crippen molar-refractivity contribution in [1.82, 2.24) is 4.98 Å². The molecule has 1 amide bonds. The van der Waals surface area contributed by atoms with Crippen LogP contribution in [0.5, 0.6) is 11.5 Å². The maximum Gasteiger partial charge on any atom is 0.227 e. The molecule has 0 radical (unpaired) electrons. The Kier molecular flexibility index (Phi) is 8.45. The molecule has 1 aliphatic carbocycles. The Bertz CT molecular complexity index is 1140. The number of ether oxygens (including phenoxy) is 1. The second-order valence-electron chi connectivity index (χ2n) is 9.36. The average Bonchev–Trinajstić information content (AvgIpc) is 2.85. The first-order valence-electron chi connectivity index (χ1n) is 12.4. The molecule has 2 aromatic carbocycles. The molecule has 1 heterocycles. The summed E-state index contributed by atoms with van der Waals surface area (Å²) in [6.07, 6.45) is 9.39. The lowest BCUT2D eigenvalue weighted by molar-refractivity contribution is -0.120. The van der Waals surface area contributed by atoms with E-state index in [-0.39, 0.29) is 23.3 Å². The zero-order valence-corrected chi connectivity index (χ0v) is 20.1. The van der Waals surface area contributed by atoms with Crippen LogP contribution in [0.3, 0.4) is 0 Å². The SMILES string of the molecule is Cc1cc(Oc2cc(F)c(NC(=O)C3CCCCCCC(c4ccccc4)CC3)cc2F)ccn1. The number of halogens is 2. The standard InChI is InChI=1S/C29H32F2N2O2/c1-20-17-24(15-16-32-20)35-28-19-25(30)27(18-26(28)31)33-29(34)23-12-6-3-2-5-11-22(13-14-23)21-9-7-4-8-10-21/h4,7-10,15-19,22-23H,2-3,5-6,11-14H2,1H3,(H,33,34). The van der Waals surface area contributed by atoms with Crippen molar-refractivity contribution in [2.24, 2.45) is 5.92 Å². The second kappa shape index (κ2) is 11.9. The molecular weight excluding hydrogens is 446 g/mol. The first-order valence-corrected chi connectivity index (χ1v) is 12.4. The van der Waals surface area contributed by atoms with Gasteiger partial charge in [-0.3, -0.25) is 9.78 Å². The average molecular weight is 479 g/mol. The van der Waals surface area contributed by atoms with E-state index in [0.717, 1.165) is 57.1 Å². The number of nitrogens with zero attached hydrogens (tertiary/aromatic N) is 1. The molecule has 1 aliphatic rings. The van der Waals surface area contributed by atoms with Crippen LogP contribution in [-0.4, -0.2) is 10.9 Å². The molecule has 184 valence electrons. The van der Waals surface area contributed by atoms with Crippen molar-refractivity contribution in [1.29, 1.82) is 0 Å². The van der Waals surface area contributed by atoms with Gasteiger partial charge in [0.2, 0.25) is 5.91 Å². The lowest BCUT2D eigenvalue weighted by Gasteiger charge is -2.23. The molecule has 0 saturated heterocycles. The van der Waals surface area contributed by atoms with Crippen LogP contribution in [0.4, 0.5) is 14.5 Å². The van der Waals surface area contributed by atoms with Crippen molar-refractivity contribution in [3.8, 4) is 11.5 Å². The summed E-state index contributed by atoms with van der Waals surface area (Å²) in [7, 11) is 0. The van der Waals surface area contributed by atoms with Crippen molar-refractivity contribution >= 4 is 11.6 Å². The summed E-state index contributed by atoms with van der Waals surface area (Å²) in [6.45, 7) is 1.78. The van der Waals surface area contributed by atoms with Crippen molar-refractivity contribution in [2.45, 2.75) is 64.2 Å². The number of amides is 1. The molecule has 0 spiro atoms. The van der Waals surface area contributed by atoms with Gasteiger partial charge in [0.15, 0.2) is 17.4 Å². The molecule has 1 N–H and O–H groups in total. The number of hydrogen-bond donors (Lipinski definition) is 1. The first-order chi connectivity index (χ1) is 17.0. The van der Waals surface area contributed by atoms with Crippen LogP contribution in [0.15, 0.2) is 60.8 Å². The van der Waals surface area contributed by atoms with Gasteiger partial charge in [-0.1, -0.05) is 56.0 Å². The summed E-state index contributed by atoms with van der Waals surface area (Å²) < 4.78 is 35.0.